The minimum atomic E-state index is 0.572. The van der Waals surface area contributed by atoms with Gasteiger partial charge in [-0.15, -0.1) is 0 Å². The van der Waals surface area contributed by atoms with Crippen LogP contribution < -0.4 is 14.8 Å². The summed E-state index contributed by atoms with van der Waals surface area (Å²) in [6.45, 7) is 4.69. The van der Waals surface area contributed by atoms with Crippen LogP contribution in [0.3, 0.4) is 0 Å². The second-order valence-corrected chi connectivity index (χ2v) is 8.86. The summed E-state index contributed by atoms with van der Waals surface area (Å²) in [5.41, 5.74) is 1.87. The molecule has 4 saturated carbocycles. The molecule has 4 aliphatic carbocycles. The van der Waals surface area contributed by atoms with Crippen LogP contribution in [0.25, 0.3) is 0 Å². The van der Waals surface area contributed by atoms with Gasteiger partial charge in [-0.25, -0.2) is 0 Å². The van der Waals surface area contributed by atoms with Gasteiger partial charge in [0.15, 0.2) is 11.5 Å². The minimum Gasteiger partial charge on any atom is -0.486 e. The Labute approximate surface area is 145 Å². The molecule has 3 heteroatoms. The highest BCUT2D eigenvalue weighted by Gasteiger charge is 2.52. The van der Waals surface area contributed by atoms with Crippen LogP contribution in [0, 0.1) is 23.2 Å². The number of rotatable bonds is 4. The van der Waals surface area contributed by atoms with Crippen LogP contribution in [0.2, 0.25) is 0 Å². The van der Waals surface area contributed by atoms with Crippen molar-refractivity contribution >= 4 is 0 Å². The molecule has 3 nitrogen and oxygen atoms in total. The summed E-state index contributed by atoms with van der Waals surface area (Å²) in [4.78, 5) is 0. The first kappa shape index (κ1) is 15.1. The normalized spacial score (nSPS) is 37.5. The van der Waals surface area contributed by atoms with Crippen molar-refractivity contribution in [3.63, 3.8) is 0 Å². The second kappa shape index (κ2) is 5.66. The van der Waals surface area contributed by atoms with Crippen LogP contribution in [0.15, 0.2) is 18.2 Å². The lowest BCUT2D eigenvalue weighted by atomic mass is 9.48. The van der Waals surface area contributed by atoms with Crippen LogP contribution in [-0.2, 0) is 6.54 Å². The van der Waals surface area contributed by atoms with E-state index in [2.05, 4.69) is 30.4 Å². The van der Waals surface area contributed by atoms with Crippen molar-refractivity contribution in [1.29, 1.82) is 0 Å². The fourth-order valence-electron chi connectivity index (χ4n) is 6.39. The predicted octanol–water partition coefficient (Wildman–Crippen LogP) is 4.15. The van der Waals surface area contributed by atoms with Crippen LogP contribution in [-0.4, -0.2) is 19.3 Å². The predicted molar refractivity (Wildman–Crippen MR) is 94.3 cm³/mol. The van der Waals surface area contributed by atoms with Crippen molar-refractivity contribution in [2.75, 3.05) is 13.2 Å². The molecule has 1 N–H and O–H groups in total. The molecule has 0 amide bonds. The summed E-state index contributed by atoms with van der Waals surface area (Å²) < 4.78 is 11.3. The SMILES string of the molecule is C[C@@H](NCc1ccc2c(c1)OCCO2)C12CC3CC(CC(C3)C1)C2. The molecular formula is C21H29NO2. The highest BCUT2D eigenvalue weighted by atomic mass is 16.6. The van der Waals surface area contributed by atoms with Gasteiger partial charge in [0.05, 0.1) is 0 Å². The van der Waals surface area contributed by atoms with Gasteiger partial charge in [0.25, 0.3) is 0 Å². The van der Waals surface area contributed by atoms with Gasteiger partial charge in [0.1, 0.15) is 13.2 Å². The van der Waals surface area contributed by atoms with Gasteiger partial charge < -0.3 is 14.8 Å². The topological polar surface area (TPSA) is 30.5 Å². The highest BCUT2D eigenvalue weighted by molar-refractivity contribution is 5.43. The zero-order chi connectivity index (χ0) is 16.1. The molecule has 0 radical (unpaired) electrons. The van der Waals surface area contributed by atoms with Gasteiger partial charge >= 0.3 is 0 Å². The maximum Gasteiger partial charge on any atom is 0.161 e. The molecule has 1 aliphatic heterocycles. The van der Waals surface area contributed by atoms with Crippen LogP contribution in [0.4, 0.5) is 0 Å². The molecule has 0 aromatic heterocycles. The number of fused-ring (bicyclic) bond motifs is 1. The quantitative estimate of drug-likeness (QED) is 0.901. The lowest BCUT2D eigenvalue weighted by Gasteiger charge is -2.59. The molecular weight excluding hydrogens is 298 g/mol. The highest BCUT2D eigenvalue weighted by Crippen LogP contribution is 2.61. The maximum atomic E-state index is 5.72. The lowest BCUT2D eigenvalue weighted by Crippen LogP contribution is -2.54. The summed E-state index contributed by atoms with van der Waals surface area (Å²) >= 11 is 0. The van der Waals surface area contributed by atoms with E-state index in [1.807, 2.05) is 0 Å². The number of ether oxygens (including phenoxy) is 2. The summed E-state index contributed by atoms with van der Waals surface area (Å²) in [6, 6.07) is 6.99. The molecule has 0 unspecified atom stereocenters. The summed E-state index contributed by atoms with van der Waals surface area (Å²) in [5, 5.41) is 3.87. The third-order valence-electron chi connectivity index (χ3n) is 7.22. The number of benzene rings is 1. The minimum absolute atomic E-state index is 0.572. The maximum absolute atomic E-state index is 5.72. The molecule has 24 heavy (non-hydrogen) atoms. The van der Waals surface area contributed by atoms with Crippen molar-refractivity contribution in [1.82, 2.24) is 5.32 Å². The fraction of sp³-hybridized carbons (Fsp3) is 0.714. The Hall–Kier alpha value is -1.22. The summed E-state index contributed by atoms with van der Waals surface area (Å²) in [6.07, 6.45) is 8.97. The first-order valence-corrected chi connectivity index (χ1v) is 9.82. The molecule has 0 saturated heterocycles. The Morgan fingerprint density at radius 3 is 2.29 bits per heavy atom. The first-order valence-electron chi connectivity index (χ1n) is 9.82. The molecule has 1 aromatic carbocycles. The number of hydrogen-bond acceptors (Lipinski definition) is 3. The molecule has 1 atom stereocenters. The van der Waals surface area contributed by atoms with E-state index >= 15 is 0 Å². The molecule has 1 aromatic rings. The van der Waals surface area contributed by atoms with Crippen molar-refractivity contribution < 1.29 is 9.47 Å². The Morgan fingerprint density at radius 2 is 1.62 bits per heavy atom. The Morgan fingerprint density at radius 1 is 1.00 bits per heavy atom. The van der Waals surface area contributed by atoms with Crippen molar-refractivity contribution in [2.45, 2.75) is 58.0 Å². The van der Waals surface area contributed by atoms with Gasteiger partial charge in [-0.2, -0.15) is 0 Å². The molecule has 4 bridgehead atoms. The Balaban J connectivity index is 1.27. The second-order valence-electron chi connectivity index (χ2n) is 8.86. The first-order chi connectivity index (χ1) is 11.7. The molecule has 0 spiro atoms. The molecule has 130 valence electrons. The van der Waals surface area contributed by atoms with Crippen LogP contribution >= 0.6 is 0 Å². The Kier molecular flexibility index (Phi) is 3.55. The monoisotopic (exact) mass is 327 g/mol. The van der Waals surface area contributed by atoms with Gasteiger partial charge in [-0.3, -0.25) is 0 Å². The molecule has 6 rings (SSSR count). The largest absolute Gasteiger partial charge is 0.486 e. The van der Waals surface area contributed by atoms with Gasteiger partial charge in [-0.05, 0) is 86.3 Å². The van der Waals surface area contributed by atoms with E-state index in [0.717, 1.165) is 35.8 Å². The Bertz CT molecular complexity index is 591. The van der Waals surface area contributed by atoms with Gasteiger partial charge in [0.2, 0.25) is 0 Å². The molecule has 5 aliphatic rings. The van der Waals surface area contributed by atoms with E-state index in [1.54, 1.807) is 0 Å². The smallest absolute Gasteiger partial charge is 0.161 e. The third-order valence-corrected chi connectivity index (χ3v) is 7.22. The van der Waals surface area contributed by atoms with Gasteiger partial charge in [-0.1, -0.05) is 6.07 Å². The van der Waals surface area contributed by atoms with Crippen molar-refractivity contribution in [3.05, 3.63) is 23.8 Å². The fourth-order valence-corrected chi connectivity index (χ4v) is 6.39. The lowest BCUT2D eigenvalue weighted by molar-refractivity contribution is -0.0706. The number of hydrogen-bond donors (Lipinski definition) is 1. The van der Waals surface area contributed by atoms with E-state index in [9.17, 15) is 0 Å². The summed E-state index contributed by atoms with van der Waals surface area (Å²) in [7, 11) is 0. The molecule has 4 fully saturated rings. The third kappa shape index (κ3) is 2.52. The summed E-state index contributed by atoms with van der Waals surface area (Å²) in [5.74, 6) is 4.86. The van der Waals surface area contributed by atoms with Gasteiger partial charge in [0, 0.05) is 12.6 Å². The van der Waals surface area contributed by atoms with Crippen LogP contribution in [0.5, 0.6) is 11.5 Å². The zero-order valence-electron chi connectivity index (χ0n) is 14.7. The standard InChI is InChI=1S/C21H29NO2/c1-14(21-10-16-6-17(11-21)8-18(7-16)12-21)22-13-15-2-3-19-20(9-15)24-5-4-23-19/h2-3,9,14,16-18,22H,4-8,10-13H2,1H3/t14-,16?,17?,18?,21?/m1/s1. The average molecular weight is 327 g/mol. The zero-order valence-corrected chi connectivity index (χ0v) is 14.7. The molecule has 1 heterocycles. The van der Waals surface area contributed by atoms with E-state index in [-0.39, 0.29) is 0 Å². The van der Waals surface area contributed by atoms with Crippen molar-refractivity contribution in [2.24, 2.45) is 23.2 Å². The number of nitrogens with one attached hydrogen (secondary N) is 1. The van der Waals surface area contributed by atoms with E-state index in [4.69, 9.17) is 9.47 Å². The van der Waals surface area contributed by atoms with E-state index in [0.29, 0.717) is 24.7 Å². The van der Waals surface area contributed by atoms with E-state index in [1.165, 1.54) is 44.1 Å². The van der Waals surface area contributed by atoms with Crippen LogP contribution in [0.1, 0.15) is 51.0 Å². The van der Waals surface area contributed by atoms with Crippen molar-refractivity contribution in [3.8, 4) is 11.5 Å². The average Bonchev–Trinajstić information content (AvgIpc) is 2.58. The van der Waals surface area contributed by atoms with E-state index < -0.39 is 0 Å².